The second kappa shape index (κ2) is 7.88. The minimum Gasteiger partial charge on any atom is -0.341 e. The predicted molar refractivity (Wildman–Crippen MR) is 105 cm³/mol. The van der Waals surface area contributed by atoms with E-state index >= 15 is 0 Å². The molecule has 1 saturated heterocycles. The lowest BCUT2D eigenvalue weighted by Crippen LogP contribution is -2.46. The van der Waals surface area contributed by atoms with E-state index in [2.05, 4.69) is 21.2 Å². The van der Waals surface area contributed by atoms with Crippen LogP contribution in [0.3, 0.4) is 0 Å². The maximum Gasteiger partial charge on any atom is 0.254 e. The van der Waals surface area contributed by atoms with Crippen LogP contribution in [0.4, 0.5) is 4.39 Å². The van der Waals surface area contributed by atoms with Crippen LogP contribution in [0.5, 0.6) is 0 Å². The molecule has 138 valence electrons. The summed E-state index contributed by atoms with van der Waals surface area (Å²) in [6.07, 6.45) is 2.01. The summed E-state index contributed by atoms with van der Waals surface area (Å²) in [5.74, 6) is -0.750. The fourth-order valence-corrected chi connectivity index (χ4v) is 5.24. The smallest absolute Gasteiger partial charge is 0.254 e. The molecule has 2 aromatic rings. The normalized spacial score (nSPS) is 15.2. The summed E-state index contributed by atoms with van der Waals surface area (Å²) in [5.41, 5.74) is 1.78. The Hall–Kier alpha value is -1.73. The number of nitrogens with one attached hydrogen (secondary N) is 1. The minimum absolute atomic E-state index is 0.0637. The van der Waals surface area contributed by atoms with Gasteiger partial charge in [-0.25, -0.2) is 4.39 Å². The predicted octanol–water partition coefficient (Wildman–Crippen LogP) is 4.37. The number of nitrogens with zero attached hydrogens (tertiary/aromatic N) is 1. The first-order valence-electron chi connectivity index (χ1n) is 8.53. The molecule has 1 fully saturated rings. The van der Waals surface area contributed by atoms with Crippen molar-refractivity contribution in [2.75, 3.05) is 13.1 Å². The Morgan fingerprint density at radius 3 is 2.65 bits per heavy atom. The molecule has 4 nitrogen and oxygen atoms in total. The molecular weight excluding hydrogens is 419 g/mol. The average molecular weight is 439 g/mol. The maximum absolute atomic E-state index is 13.7. The molecule has 2 heterocycles. The lowest BCUT2D eigenvalue weighted by molar-refractivity contribution is -0.131. The van der Waals surface area contributed by atoms with Crippen molar-refractivity contribution in [1.82, 2.24) is 10.2 Å². The van der Waals surface area contributed by atoms with Crippen molar-refractivity contribution < 1.29 is 14.0 Å². The summed E-state index contributed by atoms with van der Waals surface area (Å²) >= 11 is 4.87. The Bertz CT molecular complexity index is 846. The molecule has 1 N–H and O–H groups in total. The molecule has 26 heavy (non-hydrogen) atoms. The van der Waals surface area contributed by atoms with E-state index in [4.69, 9.17) is 0 Å². The van der Waals surface area contributed by atoms with Crippen LogP contribution >= 0.6 is 27.3 Å². The highest BCUT2D eigenvalue weighted by Crippen LogP contribution is 2.39. The van der Waals surface area contributed by atoms with Gasteiger partial charge in [-0.2, -0.15) is 0 Å². The number of benzene rings is 1. The van der Waals surface area contributed by atoms with Crippen LogP contribution in [0.25, 0.3) is 11.1 Å². The zero-order chi connectivity index (χ0) is 18.8. The number of halogens is 2. The third-order valence-corrected chi connectivity index (χ3v) is 6.29. The molecule has 1 unspecified atom stereocenters. The lowest BCUT2D eigenvalue weighted by Gasteiger charge is -2.21. The van der Waals surface area contributed by atoms with E-state index in [0.717, 1.165) is 30.8 Å². The van der Waals surface area contributed by atoms with Crippen molar-refractivity contribution in [1.29, 1.82) is 0 Å². The minimum atomic E-state index is -0.604. The average Bonchev–Trinajstić information content (AvgIpc) is 3.21. The summed E-state index contributed by atoms with van der Waals surface area (Å²) in [7, 11) is 0. The van der Waals surface area contributed by atoms with Gasteiger partial charge in [-0.15, -0.1) is 11.3 Å². The van der Waals surface area contributed by atoms with Crippen LogP contribution in [-0.2, 0) is 4.79 Å². The summed E-state index contributed by atoms with van der Waals surface area (Å²) in [6, 6.07) is 5.58. The van der Waals surface area contributed by atoms with Crippen molar-refractivity contribution in [3.63, 3.8) is 0 Å². The molecule has 0 bridgehead atoms. The largest absolute Gasteiger partial charge is 0.341 e. The number of carbonyl (C=O) groups excluding carboxylic acids is 2. The van der Waals surface area contributed by atoms with E-state index in [-0.39, 0.29) is 17.6 Å². The van der Waals surface area contributed by atoms with Crippen LogP contribution in [0.15, 0.2) is 28.1 Å². The third kappa shape index (κ3) is 3.83. The number of aryl methyl sites for hydroxylation is 1. The van der Waals surface area contributed by atoms with Gasteiger partial charge >= 0.3 is 0 Å². The summed E-state index contributed by atoms with van der Waals surface area (Å²) in [6.45, 7) is 5.09. The molecule has 3 rings (SSSR count). The van der Waals surface area contributed by atoms with Crippen LogP contribution in [-0.4, -0.2) is 35.8 Å². The first kappa shape index (κ1) is 19.0. The van der Waals surface area contributed by atoms with Gasteiger partial charge in [0.1, 0.15) is 11.9 Å². The molecule has 1 aliphatic rings. The number of likely N-dealkylation sites (tertiary alicyclic amines) is 1. The first-order chi connectivity index (χ1) is 12.4. The quantitative estimate of drug-likeness (QED) is 0.770. The van der Waals surface area contributed by atoms with Crippen molar-refractivity contribution in [3.8, 4) is 11.1 Å². The molecule has 1 aliphatic heterocycles. The zero-order valence-corrected chi connectivity index (χ0v) is 17.0. The number of amides is 2. The van der Waals surface area contributed by atoms with Gasteiger partial charge in [0.2, 0.25) is 5.91 Å². The van der Waals surface area contributed by atoms with Crippen molar-refractivity contribution >= 4 is 39.1 Å². The van der Waals surface area contributed by atoms with Crippen molar-refractivity contribution in [3.05, 3.63) is 44.3 Å². The van der Waals surface area contributed by atoms with Crippen LogP contribution in [0.1, 0.15) is 35.0 Å². The molecule has 7 heteroatoms. The first-order valence-corrected chi connectivity index (χ1v) is 10.1. The van der Waals surface area contributed by atoms with Gasteiger partial charge in [0, 0.05) is 23.5 Å². The van der Waals surface area contributed by atoms with Gasteiger partial charge in [0.05, 0.1) is 9.35 Å². The van der Waals surface area contributed by atoms with E-state index < -0.39 is 6.04 Å². The van der Waals surface area contributed by atoms with Crippen LogP contribution in [0.2, 0.25) is 0 Å². The van der Waals surface area contributed by atoms with Gasteiger partial charge in [-0.1, -0.05) is 12.1 Å². The highest BCUT2D eigenvalue weighted by atomic mass is 79.9. The molecular formula is C19H20BrFN2O2S. The molecule has 1 atom stereocenters. The highest BCUT2D eigenvalue weighted by Gasteiger charge is 2.28. The fraction of sp³-hybridized carbons (Fsp3) is 0.368. The standard InChI is InChI=1S/C19H20BrFN2O2S/c1-11(19(25)23-8-3-4-9-23)22-18(24)16-15(12(2)26-17(16)20)13-6-5-7-14(21)10-13/h5-7,10-11H,3-4,8-9H2,1-2H3,(H,22,24). The SMILES string of the molecule is Cc1sc(Br)c(C(=O)NC(C)C(=O)N2CCCC2)c1-c1cccc(F)c1. The molecule has 1 aromatic heterocycles. The Morgan fingerprint density at radius 1 is 1.31 bits per heavy atom. The van der Waals surface area contributed by atoms with Gasteiger partial charge in [0.15, 0.2) is 0 Å². The van der Waals surface area contributed by atoms with E-state index in [1.807, 2.05) is 6.92 Å². The lowest BCUT2D eigenvalue weighted by atomic mass is 10.0. The Kier molecular flexibility index (Phi) is 5.77. The second-order valence-electron chi connectivity index (χ2n) is 6.42. The van der Waals surface area contributed by atoms with Crippen LogP contribution in [0, 0.1) is 12.7 Å². The maximum atomic E-state index is 13.7. The molecule has 2 amide bonds. The van der Waals surface area contributed by atoms with E-state index in [9.17, 15) is 14.0 Å². The molecule has 0 spiro atoms. The second-order valence-corrected chi connectivity index (χ2v) is 8.96. The van der Waals surface area contributed by atoms with Gasteiger partial charge in [-0.3, -0.25) is 9.59 Å². The number of thiophene rings is 1. The number of carbonyl (C=O) groups is 2. The van der Waals surface area contributed by atoms with E-state index in [0.29, 0.717) is 20.5 Å². The molecule has 1 aromatic carbocycles. The monoisotopic (exact) mass is 438 g/mol. The van der Waals surface area contributed by atoms with E-state index in [1.165, 1.54) is 23.5 Å². The van der Waals surface area contributed by atoms with Gasteiger partial charge in [0.25, 0.3) is 5.91 Å². The summed E-state index contributed by atoms with van der Waals surface area (Å²) < 4.78 is 14.3. The van der Waals surface area contributed by atoms with Crippen molar-refractivity contribution in [2.45, 2.75) is 32.7 Å². The molecule has 0 saturated carbocycles. The Balaban J connectivity index is 1.86. The fourth-order valence-electron chi connectivity index (χ4n) is 3.25. The number of hydrogen-bond donors (Lipinski definition) is 1. The van der Waals surface area contributed by atoms with Gasteiger partial charge < -0.3 is 10.2 Å². The topological polar surface area (TPSA) is 49.4 Å². The number of rotatable bonds is 4. The third-order valence-electron chi connectivity index (χ3n) is 4.52. The molecule has 0 aliphatic carbocycles. The van der Waals surface area contributed by atoms with Gasteiger partial charge in [-0.05, 0) is 60.3 Å². The van der Waals surface area contributed by atoms with Crippen molar-refractivity contribution in [2.24, 2.45) is 0 Å². The van der Waals surface area contributed by atoms with E-state index in [1.54, 1.807) is 24.0 Å². The highest BCUT2D eigenvalue weighted by molar-refractivity contribution is 9.11. The number of hydrogen-bond acceptors (Lipinski definition) is 3. The Labute approximate surface area is 164 Å². The summed E-state index contributed by atoms with van der Waals surface area (Å²) in [5, 5.41) is 2.80. The summed E-state index contributed by atoms with van der Waals surface area (Å²) in [4.78, 5) is 28.0. The molecule has 0 radical (unpaired) electrons. The Morgan fingerprint density at radius 2 is 2.00 bits per heavy atom. The van der Waals surface area contributed by atoms with Crippen LogP contribution < -0.4 is 5.32 Å². The zero-order valence-electron chi connectivity index (χ0n) is 14.6.